The van der Waals surface area contributed by atoms with Crippen molar-refractivity contribution in [2.75, 3.05) is 7.11 Å². The Balaban J connectivity index is 2.22. The smallest absolute Gasteiger partial charge is 0.333 e. The van der Waals surface area contributed by atoms with E-state index in [9.17, 15) is 9.59 Å². The fraction of sp³-hybridized carbons (Fsp3) is 0.143. The summed E-state index contributed by atoms with van der Waals surface area (Å²) in [6.45, 7) is 0. The number of benzene rings is 1. The number of halogens is 1. The van der Waals surface area contributed by atoms with E-state index in [4.69, 9.17) is 9.15 Å². The highest BCUT2D eigenvalue weighted by Crippen LogP contribution is 2.19. The van der Waals surface area contributed by atoms with Gasteiger partial charge in [-0.2, -0.15) is 0 Å². The lowest BCUT2D eigenvalue weighted by Crippen LogP contribution is -2.34. The molecule has 1 atom stereocenters. The normalized spacial score (nSPS) is 11.7. The molecule has 1 amide bonds. The monoisotopic (exact) mass is 337 g/mol. The van der Waals surface area contributed by atoms with Crippen molar-refractivity contribution >= 4 is 27.8 Å². The fourth-order valence-corrected chi connectivity index (χ4v) is 1.93. The number of carbonyl (C=O) groups excluding carboxylic acids is 2. The largest absolute Gasteiger partial charge is 0.467 e. The van der Waals surface area contributed by atoms with E-state index in [0.29, 0.717) is 5.56 Å². The molecule has 104 valence electrons. The highest BCUT2D eigenvalue weighted by Gasteiger charge is 2.24. The van der Waals surface area contributed by atoms with Crippen LogP contribution in [0.15, 0.2) is 51.6 Å². The molecule has 0 aliphatic heterocycles. The van der Waals surface area contributed by atoms with E-state index in [1.165, 1.54) is 19.4 Å². The lowest BCUT2D eigenvalue weighted by atomic mass is 10.1. The van der Waals surface area contributed by atoms with Crippen molar-refractivity contribution in [1.82, 2.24) is 5.32 Å². The summed E-state index contributed by atoms with van der Waals surface area (Å²) in [5, 5.41) is 2.58. The zero-order chi connectivity index (χ0) is 14.5. The van der Waals surface area contributed by atoms with Crippen molar-refractivity contribution in [2.24, 2.45) is 0 Å². The van der Waals surface area contributed by atoms with Crippen molar-refractivity contribution < 1.29 is 18.7 Å². The summed E-state index contributed by atoms with van der Waals surface area (Å²) < 4.78 is 10.6. The molecule has 1 N–H and O–H groups in total. The quantitative estimate of drug-likeness (QED) is 0.871. The van der Waals surface area contributed by atoms with E-state index in [1.807, 2.05) is 0 Å². The average molecular weight is 338 g/mol. The molecule has 0 unspecified atom stereocenters. The summed E-state index contributed by atoms with van der Waals surface area (Å²) in [4.78, 5) is 23.8. The van der Waals surface area contributed by atoms with E-state index in [-0.39, 0.29) is 5.76 Å². The SMILES string of the molecule is COC(=O)[C@@H](NC(=O)c1ccco1)c1ccc(Br)cc1. The lowest BCUT2D eigenvalue weighted by molar-refractivity contribution is -0.143. The number of hydrogen-bond donors (Lipinski definition) is 1. The summed E-state index contributed by atoms with van der Waals surface area (Å²) in [6, 6.07) is 9.26. The van der Waals surface area contributed by atoms with Crippen LogP contribution in [0.2, 0.25) is 0 Å². The predicted octanol–water partition coefficient (Wildman–Crippen LogP) is 2.69. The minimum absolute atomic E-state index is 0.135. The van der Waals surface area contributed by atoms with Crippen molar-refractivity contribution in [3.05, 3.63) is 58.5 Å². The minimum Gasteiger partial charge on any atom is -0.467 e. The number of rotatable bonds is 4. The average Bonchev–Trinajstić information content (AvgIpc) is 2.99. The molecule has 0 aliphatic carbocycles. The first-order valence-electron chi connectivity index (χ1n) is 5.79. The van der Waals surface area contributed by atoms with Crippen LogP contribution in [0.4, 0.5) is 0 Å². The van der Waals surface area contributed by atoms with Crippen LogP contribution in [-0.4, -0.2) is 19.0 Å². The molecule has 0 aliphatic rings. The molecule has 0 spiro atoms. The summed E-state index contributed by atoms with van der Waals surface area (Å²) >= 11 is 3.31. The first-order chi connectivity index (χ1) is 9.61. The fourth-order valence-electron chi connectivity index (χ4n) is 1.66. The standard InChI is InChI=1S/C14H12BrNO4/c1-19-14(18)12(9-4-6-10(15)7-5-9)16-13(17)11-3-2-8-20-11/h2-8,12H,1H3,(H,16,17)/t12-/m0/s1. The number of nitrogens with one attached hydrogen (secondary N) is 1. The van der Waals surface area contributed by atoms with Gasteiger partial charge in [0.1, 0.15) is 0 Å². The summed E-state index contributed by atoms with van der Waals surface area (Å²) in [6.07, 6.45) is 1.39. The van der Waals surface area contributed by atoms with Gasteiger partial charge in [-0.25, -0.2) is 4.79 Å². The third kappa shape index (κ3) is 3.27. The topological polar surface area (TPSA) is 68.5 Å². The van der Waals surface area contributed by atoms with Crippen LogP contribution in [0.3, 0.4) is 0 Å². The van der Waals surface area contributed by atoms with Crippen LogP contribution in [0.5, 0.6) is 0 Å². The van der Waals surface area contributed by atoms with Crippen molar-refractivity contribution in [3.63, 3.8) is 0 Å². The molecule has 0 saturated heterocycles. The molecule has 6 heteroatoms. The predicted molar refractivity (Wildman–Crippen MR) is 75.1 cm³/mol. The maximum Gasteiger partial charge on any atom is 0.333 e. The Morgan fingerprint density at radius 1 is 1.25 bits per heavy atom. The molecule has 1 aromatic heterocycles. The molecule has 0 bridgehead atoms. The highest BCUT2D eigenvalue weighted by atomic mass is 79.9. The molecule has 2 rings (SSSR count). The van der Waals surface area contributed by atoms with Crippen molar-refractivity contribution in [1.29, 1.82) is 0 Å². The maximum absolute atomic E-state index is 12.0. The second-order valence-corrected chi connectivity index (χ2v) is 4.87. The number of amides is 1. The first-order valence-corrected chi connectivity index (χ1v) is 6.59. The third-order valence-corrected chi connectivity index (χ3v) is 3.19. The minimum atomic E-state index is -0.884. The van der Waals surface area contributed by atoms with Crippen LogP contribution in [0.1, 0.15) is 22.2 Å². The van der Waals surface area contributed by atoms with Gasteiger partial charge in [-0.05, 0) is 29.8 Å². The lowest BCUT2D eigenvalue weighted by Gasteiger charge is -2.16. The Hall–Kier alpha value is -2.08. The van der Waals surface area contributed by atoms with Gasteiger partial charge in [-0.15, -0.1) is 0 Å². The number of furan rings is 1. The molecule has 0 radical (unpaired) electrons. The van der Waals surface area contributed by atoms with E-state index in [1.54, 1.807) is 30.3 Å². The van der Waals surface area contributed by atoms with Gasteiger partial charge in [-0.3, -0.25) is 4.79 Å². The Labute approximate surface area is 124 Å². The zero-order valence-corrected chi connectivity index (χ0v) is 12.2. The second-order valence-electron chi connectivity index (χ2n) is 3.96. The van der Waals surface area contributed by atoms with E-state index < -0.39 is 17.9 Å². The molecule has 1 heterocycles. The maximum atomic E-state index is 12.0. The Bertz CT molecular complexity index is 592. The summed E-state index contributed by atoms with van der Waals surface area (Å²) in [5.41, 5.74) is 0.625. The van der Waals surface area contributed by atoms with Gasteiger partial charge < -0.3 is 14.5 Å². The van der Waals surface area contributed by atoms with Gasteiger partial charge in [0.2, 0.25) is 0 Å². The van der Waals surface area contributed by atoms with Gasteiger partial charge in [0.25, 0.3) is 5.91 Å². The van der Waals surface area contributed by atoms with Crippen LogP contribution < -0.4 is 5.32 Å². The molecular weight excluding hydrogens is 326 g/mol. The molecule has 1 aromatic carbocycles. The van der Waals surface area contributed by atoms with Gasteiger partial charge >= 0.3 is 5.97 Å². The Morgan fingerprint density at radius 3 is 2.50 bits per heavy atom. The van der Waals surface area contributed by atoms with Crippen LogP contribution in [-0.2, 0) is 9.53 Å². The summed E-state index contributed by atoms with van der Waals surface area (Å²) in [5.74, 6) is -0.892. The van der Waals surface area contributed by atoms with Gasteiger partial charge in [-0.1, -0.05) is 28.1 Å². The molecular formula is C14H12BrNO4. The molecule has 5 nitrogen and oxygen atoms in total. The molecule has 0 fully saturated rings. The molecule has 0 saturated carbocycles. The number of esters is 1. The zero-order valence-electron chi connectivity index (χ0n) is 10.6. The third-order valence-electron chi connectivity index (χ3n) is 2.66. The van der Waals surface area contributed by atoms with Crippen molar-refractivity contribution in [3.8, 4) is 0 Å². The van der Waals surface area contributed by atoms with Gasteiger partial charge in [0.05, 0.1) is 13.4 Å². The summed E-state index contributed by atoms with van der Waals surface area (Å²) in [7, 11) is 1.27. The van der Waals surface area contributed by atoms with Crippen LogP contribution in [0, 0.1) is 0 Å². The van der Waals surface area contributed by atoms with E-state index >= 15 is 0 Å². The Morgan fingerprint density at radius 2 is 1.95 bits per heavy atom. The number of methoxy groups -OCH3 is 1. The van der Waals surface area contributed by atoms with Crippen LogP contribution >= 0.6 is 15.9 Å². The highest BCUT2D eigenvalue weighted by molar-refractivity contribution is 9.10. The van der Waals surface area contributed by atoms with Crippen LogP contribution in [0.25, 0.3) is 0 Å². The van der Waals surface area contributed by atoms with E-state index in [0.717, 1.165) is 4.47 Å². The number of carbonyl (C=O) groups is 2. The second kappa shape index (κ2) is 6.38. The first kappa shape index (κ1) is 14.3. The Kier molecular flexibility index (Phi) is 4.57. The molecule has 2 aromatic rings. The number of ether oxygens (including phenoxy) is 1. The van der Waals surface area contributed by atoms with Gasteiger partial charge in [0, 0.05) is 4.47 Å². The van der Waals surface area contributed by atoms with Crippen molar-refractivity contribution in [2.45, 2.75) is 6.04 Å². The molecule has 20 heavy (non-hydrogen) atoms. The number of hydrogen-bond acceptors (Lipinski definition) is 4. The van der Waals surface area contributed by atoms with E-state index in [2.05, 4.69) is 21.2 Å². The van der Waals surface area contributed by atoms with Gasteiger partial charge in [0.15, 0.2) is 11.8 Å².